The molecule has 2 aliphatic heterocycles. The summed E-state index contributed by atoms with van der Waals surface area (Å²) in [5.41, 5.74) is 0.811. The van der Waals surface area contributed by atoms with Crippen LogP contribution in [0.25, 0.3) is 0 Å². The molecule has 1 fully saturated rings. The Morgan fingerprint density at radius 3 is 2.72 bits per heavy atom. The summed E-state index contributed by atoms with van der Waals surface area (Å²) in [7, 11) is 3.21. The number of hydrogen-bond donors (Lipinski definition) is 1. The molecule has 2 aliphatic rings. The molecule has 1 saturated heterocycles. The summed E-state index contributed by atoms with van der Waals surface area (Å²) in [5.74, 6) is 1.09. The maximum absolute atomic E-state index is 12.0. The van der Waals surface area contributed by atoms with E-state index < -0.39 is 0 Å². The Balaban J connectivity index is 1.76. The molecule has 2 amide bonds. The molecular formula is C19H26N2O4. The summed E-state index contributed by atoms with van der Waals surface area (Å²) in [5, 5.41) is 2.72. The van der Waals surface area contributed by atoms with Crippen LogP contribution in [-0.4, -0.2) is 56.2 Å². The van der Waals surface area contributed by atoms with Crippen molar-refractivity contribution in [3.8, 4) is 5.75 Å². The topological polar surface area (TPSA) is 67.9 Å². The highest BCUT2D eigenvalue weighted by Gasteiger charge is 2.44. The van der Waals surface area contributed by atoms with Crippen LogP contribution in [0, 0.1) is 0 Å². The van der Waals surface area contributed by atoms with E-state index in [1.54, 1.807) is 7.05 Å². The van der Waals surface area contributed by atoms with E-state index in [1.807, 2.05) is 29.2 Å². The fourth-order valence-electron chi connectivity index (χ4n) is 3.94. The van der Waals surface area contributed by atoms with E-state index in [-0.39, 0.29) is 29.9 Å². The SMILES string of the molecule is CNC(=O)C[C@H]1CC2(CCN(C(=O)COC)CC2)Oc2ccccc21. The summed E-state index contributed by atoms with van der Waals surface area (Å²) in [6.07, 6.45) is 2.83. The predicted octanol–water partition coefficient (Wildman–Crippen LogP) is 1.70. The van der Waals surface area contributed by atoms with Gasteiger partial charge >= 0.3 is 0 Å². The number of nitrogens with zero attached hydrogens (tertiary/aromatic N) is 1. The second-order valence-corrected chi connectivity index (χ2v) is 6.92. The number of carbonyl (C=O) groups is 2. The van der Waals surface area contributed by atoms with E-state index in [0.717, 1.165) is 30.6 Å². The first kappa shape index (κ1) is 17.7. The van der Waals surface area contributed by atoms with Gasteiger partial charge in [0, 0.05) is 52.4 Å². The third-order valence-corrected chi connectivity index (χ3v) is 5.31. The first-order valence-electron chi connectivity index (χ1n) is 8.82. The van der Waals surface area contributed by atoms with Crippen LogP contribution >= 0.6 is 0 Å². The largest absolute Gasteiger partial charge is 0.487 e. The van der Waals surface area contributed by atoms with Crippen molar-refractivity contribution in [2.45, 2.75) is 37.2 Å². The highest BCUT2D eigenvalue weighted by atomic mass is 16.5. The van der Waals surface area contributed by atoms with Crippen molar-refractivity contribution in [2.24, 2.45) is 0 Å². The van der Waals surface area contributed by atoms with E-state index in [0.29, 0.717) is 19.5 Å². The number of carbonyl (C=O) groups excluding carboxylic acids is 2. The van der Waals surface area contributed by atoms with Crippen LogP contribution < -0.4 is 10.1 Å². The molecule has 0 aliphatic carbocycles. The van der Waals surface area contributed by atoms with Crippen LogP contribution in [0.5, 0.6) is 5.75 Å². The van der Waals surface area contributed by atoms with Crippen LogP contribution in [0.2, 0.25) is 0 Å². The number of ether oxygens (including phenoxy) is 2. The zero-order valence-corrected chi connectivity index (χ0v) is 14.9. The van der Waals surface area contributed by atoms with Gasteiger partial charge in [-0.05, 0) is 18.1 Å². The number of para-hydroxylation sites is 1. The Labute approximate surface area is 148 Å². The van der Waals surface area contributed by atoms with Crippen LogP contribution in [0.4, 0.5) is 0 Å². The average molecular weight is 346 g/mol. The number of hydrogen-bond acceptors (Lipinski definition) is 4. The summed E-state index contributed by atoms with van der Waals surface area (Å²) in [6.45, 7) is 1.45. The zero-order valence-electron chi connectivity index (χ0n) is 14.9. The molecule has 6 nitrogen and oxygen atoms in total. The van der Waals surface area contributed by atoms with E-state index in [4.69, 9.17) is 9.47 Å². The number of rotatable bonds is 4. The molecular weight excluding hydrogens is 320 g/mol. The Morgan fingerprint density at radius 2 is 2.04 bits per heavy atom. The number of nitrogens with one attached hydrogen (secondary N) is 1. The van der Waals surface area contributed by atoms with Crippen LogP contribution in [0.3, 0.4) is 0 Å². The standard InChI is InChI=1S/C19H26N2O4/c1-20-17(22)11-14-12-19(25-16-6-4-3-5-15(14)16)7-9-21(10-8-19)18(23)13-24-2/h3-6,14H,7-13H2,1-2H3,(H,20,22)/t14-/m0/s1. The van der Waals surface area contributed by atoms with Gasteiger partial charge in [-0.2, -0.15) is 0 Å². The lowest BCUT2D eigenvalue weighted by Crippen LogP contribution is -2.52. The first-order valence-corrected chi connectivity index (χ1v) is 8.82. The zero-order chi connectivity index (χ0) is 17.9. The highest BCUT2D eigenvalue weighted by molar-refractivity contribution is 5.77. The lowest BCUT2D eigenvalue weighted by molar-refractivity contribution is -0.139. The molecule has 0 aromatic heterocycles. The Morgan fingerprint density at radius 1 is 1.32 bits per heavy atom. The Kier molecular flexibility index (Phi) is 5.27. The summed E-state index contributed by atoms with van der Waals surface area (Å²) in [4.78, 5) is 25.8. The number of amides is 2. The molecule has 2 heterocycles. The molecule has 1 N–H and O–H groups in total. The molecule has 136 valence electrons. The van der Waals surface area contributed by atoms with Gasteiger partial charge in [0.15, 0.2) is 0 Å². The molecule has 1 spiro atoms. The molecule has 6 heteroatoms. The lowest BCUT2D eigenvalue weighted by Gasteiger charge is -2.46. The van der Waals surface area contributed by atoms with Gasteiger partial charge in [-0.1, -0.05) is 18.2 Å². The molecule has 1 atom stereocenters. The van der Waals surface area contributed by atoms with Crippen molar-refractivity contribution in [1.82, 2.24) is 10.2 Å². The van der Waals surface area contributed by atoms with Crippen molar-refractivity contribution >= 4 is 11.8 Å². The first-order chi connectivity index (χ1) is 12.1. The van der Waals surface area contributed by atoms with Crippen LogP contribution in [-0.2, 0) is 14.3 Å². The molecule has 0 radical (unpaired) electrons. The quantitative estimate of drug-likeness (QED) is 0.901. The molecule has 0 saturated carbocycles. The van der Waals surface area contributed by atoms with E-state index >= 15 is 0 Å². The van der Waals surface area contributed by atoms with Gasteiger partial charge in [0.2, 0.25) is 11.8 Å². The van der Waals surface area contributed by atoms with E-state index in [9.17, 15) is 9.59 Å². The smallest absolute Gasteiger partial charge is 0.248 e. The van der Waals surface area contributed by atoms with Gasteiger partial charge in [0.1, 0.15) is 18.0 Å². The third kappa shape index (κ3) is 3.79. The second-order valence-electron chi connectivity index (χ2n) is 6.92. The van der Waals surface area contributed by atoms with Gasteiger partial charge in [-0.3, -0.25) is 9.59 Å². The third-order valence-electron chi connectivity index (χ3n) is 5.31. The van der Waals surface area contributed by atoms with E-state index in [2.05, 4.69) is 5.32 Å². The van der Waals surface area contributed by atoms with Crippen molar-refractivity contribution in [2.75, 3.05) is 33.9 Å². The number of fused-ring (bicyclic) bond motifs is 1. The van der Waals surface area contributed by atoms with Crippen molar-refractivity contribution in [3.05, 3.63) is 29.8 Å². The monoisotopic (exact) mass is 346 g/mol. The predicted molar refractivity (Wildman–Crippen MR) is 93.5 cm³/mol. The maximum Gasteiger partial charge on any atom is 0.248 e. The van der Waals surface area contributed by atoms with Gasteiger partial charge in [-0.25, -0.2) is 0 Å². The summed E-state index contributed by atoms with van der Waals surface area (Å²) < 4.78 is 11.3. The minimum Gasteiger partial charge on any atom is -0.487 e. The fraction of sp³-hybridized carbons (Fsp3) is 0.579. The van der Waals surface area contributed by atoms with Crippen LogP contribution in [0.15, 0.2) is 24.3 Å². The summed E-state index contributed by atoms with van der Waals surface area (Å²) in [6, 6.07) is 7.98. The molecule has 3 rings (SSSR count). The normalized spacial score (nSPS) is 21.4. The lowest BCUT2D eigenvalue weighted by atomic mass is 9.76. The fourth-order valence-corrected chi connectivity index (χ4v) is 3.94. The summed E-state index contributed by atoms with van der Waals surface area (Å²) >= 11 is 0. The van der Waals surface area contributed by atoms with Gasteiger partial charge in [-0.15, -0.1) is 0 Å². The van der Waals surface area contributed by atoms with Crippen LogP contribution in [0.1, 0.15) is 37.2 Å². The molecule has 25 heavy (non-hydrogen) atoms. The number of benzene rings is 1. The average Bonchev–Trinajstić information content (AvgIpc) is 2.62. The molecule has 0 unspecified atom stereocenters. The Bertz CT molecular complexity index is 638. The van der Waals surface area contributed by atoms with Gasteiger partial charge < -0.3 is 19.7 Å². The minimum absolute atomic E-state index is 0.0236. The Hall–Kier alpha value is -2.08. The second kappa shape index (κ2) is 7.44. The molecule has 0 bridgehead atoms. The van der Waals surface area contributed by atoms with Crippen molar-refractivity contribution < 1.29 is 19.1 Å². The maximum atomic E-state index is 12.0. The number of likely N-dealkylation sites (tertiary alicyclic amines) is 1. The van der Waals surface area contributed by atoms with E-state index in [1.165, 1.54) is 7.11 Å². The van der Waals surface area contributed by atoms with Gasteiger partial charge in [0.25, 0.3) is 0 Å². The number of piperidine rings is 1. The molecule has 1 aromatic rings. The number of methoxy groups -OCH3 is 1. The highest BCUT2D eigenvalue weighted by Crippen LogP contribution is 2.46. The van der Waals surface area contributed by atoms with Crippen molar-refractivity contribution in [3.63, 3.8) is 0 Å². The van der Waals surface area contributed by atoms with Crippen molar-refractivity contribution in [1.29, 1.82) is 0 Å². The minimum atomic E-state index is -0.295. The van der Waals surface area contributed by atoms with Gasteiger partial charge in [0.05, 0.1) is 0 Å². The molecule has 1 aromatic carbocycles.